The molecule has 2 heterocycles. The van der Waals surface area contributed by atoms with Crippen molar-refractivity contribution in [2.75, 3.05) is 25.4 Å². The third-order valence-electron chi connectivity index (χ3n) is 3.81. The van der Waals surface area contributed by atoms with E-state index >= 15 is 0 Å². The van der Waals surface area contributed by atoms with E-state index in [-0.39, 0.29) is 24.4 Å². The monoisotopic (exact) mass is 383 g/mol. The Hall–Kier alpha value is -1.27. The third-order valence-corrected chi connectivity index (χ3v) is 5.06. The summed E-state index contributed by atoms with van der Waals surface area (Å²) in [5.74, 6) is 0.582. The fourth-order valence-electron chi connectivity index (χ4n) is 2.63. The standard InChI is InChI=1S/C17H18ClN3OS.ClH/c18-14-3-5-15(6-4-14)23-12-17(22)21-9-8-20-11-16(21)13-2-1-7-19-10-13;/h1-7,10,16,20H,8-9,11-12H2;1H. The zero-order chi connectivity index (χ0) is 16.1. The van der Waals surface area contributed by atoms with Crippen molar-refractivity contribution in [1.82, 2.24) is 15.2 Å². The molecule has 4 nitrogen and oxygen atoms in total. The summed E-state index contributed by atoms with van der Waals surface area (Å²) in [6.45, 7) is 2.32. The number of thioether (sulfide) groups is 1. The van der Waals surface area contributed by atoms with Crippen molar-refractivity contribution in [2.24, 2.45) is 0 Å². The number of aromatic nitrogens is 1. The van der Waals surface area contributed by atoms with E-state index in [0.717, 1.165) is 30.1 Å². The second-order valence-electron chi connectivity index (χ2n) is 5.34. The van der Waals surface area contributed by atoms with E-state index < -0.39 is 0 Å². The van der Waals surface area contributed by atoms with Gasteiger partial charge in [-0.15, -0.1) is 24.2 Å². The van der Waals surface area contributed by atoms with Gasteiger partial charge in [-0.25, -0.2) is 0 Å². The van der Waals surface area contributed by atoms with E-state index in [0.29, 0.717) is 10.8 Å². The Kier molecular flexibility index (Phi) is 7.37. The summed E-state index contributed by atoms with van der Waals surface area (Å²) in [4.78, 5) is 19.8. The summed E-state index contributed by atoms with van der Waals surface area (Å²) < 4.78 is 0. The molecule has 0 aliphatic carbocycles. The summed E-state index contributed by atoms with van der Waals surface area (Å²) >= 11 is 7.43. The highest BCUT2D eigenvalue weighted by Crippen LogP contribution is 2.25. The normalized spacial score (nSPS) is 17.2. The SMILES string of the molecule is Cl.O=C(CSc1ccc(Cl)cc1)N1CCNCC1c1cccnc1. The molecule has 1 unspecified atom stereocenters. The Morgan fingerprint density at radius 3 is 2.83 bits per heavy atom. The number of halogens is 2. The van der Waals surface area contributed by atoms with Crippen LogP contribution >= 0.6 is 35.8 Å². The Labute approximate surface area is 157 Å². The van der Waals surface area contributed by atoms with Crippen LogP contribution in [0.1, 0.15) is 11.6 Å². The van der Waals surface area contributed by atoms with E-state index in [4.69, 9.17) is 11.6 Å². The van der Waals surface area contributed by atoms with Crippen LogP contribution in [0.15, 0.2) is 53.7 Å². The van der Waals surface area contributed by atoms with Crippen LogP contribution < -0.4 is 5.32 Å². The summed E-state index contributed by atoms with van der Waals surface area (Å²) in [6, 6.07) is 11.6. The van der Waals surface area contributed by atoms with Crippen LogP contribution in [-0.2, 0) is 4.79 Å². The van der Waals surface area contributed by atoms with Gasteiger partial charge >= 0.3 is 0 Å². The maximum Gasteiger partial charge on any atom is 0.233 e. The topological polar surface area (TPSA) is 45.2 Å². The van der Waals surface area contributed by atoms with Gasteiger partial charge in [-0.3, -0.25) is 9.78 Å². The van der Waals surface area contributed by atoms with Crippen molar-refractivity contribution in [3.8, 4) is 0 Å². The Bertz CT molecular complexity index is 655. The molecular formula is C17H19Cl2N3OS. The number of hydrogen-bond acceptors (Lipinski definition) is 4. The zero-order valence-electron chi connectivity index (χ0n) is 13.0. The van der Waals surface area contributed by atoms with E-state index in [1.54, 1.807) is 18.0 Å². The molecule has 2 aromatic rings. The first-order chi connectivity index (χ1) is 11.2. The van der Waals surface area contributed by atoms with Gasteiger partial charge in [0.15, 0.2) is 0 Å². The number of pyridine rings is 1. The average Bonchev–Trinajstić information content (AvgIpc) is 2.62. The molecule has 1 fully saturated rings. The molecule has 1 amide bonds. The lowest BCUT2D eigenvalue weighted by Crippen LogP contribution is -2.49. The highest BCUT2D eigenvalue weighted by Gasteiger charge is 2.27. The summed E-state index contributed by atoms with van der Waals surface area (Å²) in [7, 11) is 0. The minimum absolute atomic E-state index is 0. The fraction of sp³-hybridized carbons (Fsp3) is 0.294. The molecule has 128 valence electrons. The molecule has 1 aliphatic heterocycles. The maximum absolute atomic E-state index is 12.7. The molecule has 0 bridgehead atoms. The zero-order valence-corrected chi connectivity index (χ0v) is 15.4. The van der Waals surface area contributed by atoms with Gasteiger partial charge < -0.3 is 10.2 Å². The van der Waals surface area contributed by atoms with Gasteiger partial charge in [0.1, 0.15) is 0 Å². The van der Waals surface area contributed by atoms with E-state index in [2.05, 4.69) is 10.3 Å². The molecule has 0 radical (unpaired) electrons. The first-order valence-electron chi connectivity index (χ1n) is 7.52. The highest BCUT2D eigenvalue weighted by atomic mass is 35.5. The van der Waals surface area contributed by atoms with Crippen LogP contribution in [0.25, 0.3) is 0 Å². The summed E-state index contributed by atoms with van der Waals surface area (Å²) in [5, 5.41) is 4.06. The molecule has 0 saturated carbocycles. The second kappa shape index (κ2) is 9.28. The molecule has 0 spiro atoms. The lowest BCUT2D eigenvalue weighted by atomic mass is 10.1. The van der Waals surface area contributed by atoms with Gasteiger partial charge in [0.05, 0.1) is 11.8 Å². The smallest absolute Gasteiger partial charge is 0.233 e. The Balaban J connectivity index is 0.00000208. The van der Waals surface area contributed by atoms with Crippen molar-refractivity contribution >= 4 is 41.7 Å². The maximum atomic E-state index is 12.7. The number of amides is 1. The number of benzene rings is 1. The average molecular weight is 384 g/mol. The van der Waals surface area contributed by atoms with Crippen molar-refractivity contribution in [2.45, 2.75) is 10.9 Å². The predicted molar refractivity (Wildman–Crippen MR) is 101 cm³/mol. The number of nitrogens with one attached hydrogen (secondary N) is 1. The quantitative estimate of drug-likeness (QED) is 0.821. The number of piperazine rings is 1. The predicted octanol–water partition coefficient (Wildman–Crippen LogP) is 3.42. The molecule has 7 heteroatoms. The lowest BCUT2D eigenvalue weighted by molar-refractivity contribution is -0.131. The van der Waals surface area contributed by atoms with Crippen LogP contribution in [0.3, 0.4) is 0 Å². The number of nitrogens with zero attached hydrogens (tertiary/aromatic N) is 2. The third kappa shape index (κ3) is 4.86. The Morgan fingerprint density at radius 1 is 1.33 bits per heavy atom. The number of carbonyl (C=O) groups excluding carboxylic acids is 1. The van der Waals surface area contributed by atoms with Crippen molar-refractivity contribution in [3.63, 3.8) is 0 Å². The second-order valence-corrected chi connectivity index (χ2v) is 6.82. The Morgan fingerprint density at radius 2 is 2.12 bits per heavy atom. The van der Waals surface area contributed by atoms with Crippen LogP contribution in [0, 0.1) is 0 Å². The first-order valence-corrected chi connectivity index (χ1v) is 8.89. The molecule has 1 N–H and O–H groups in total. The van der Waals surface area contributed by atoms with E-state index in [1.165, 1.54) is 0 Å². The van der Waals surface area contributed by atoms with Crippen LogP contribution in [0.4, 0.5) is 0 Å². The molecular weight excluding hydrogens is 365 g/mol. The van der Waals surface area contributed by atoms with Gasteiger partial charge in [0.25, 0.3) is 0 Å². The van der Waals surface area contributed by atoms with Crippen LogP contribution in [-0.4, -0.2) is 41.2 Å². The number of rotatable bonds is 4. The first kappa shape index (κ1) is 19.1. The van der Waals surface area contributed by atoms with Crippen LogP contribution in [0.2, 0.25) is 5.02 Å². The molecule has 1 saturated heterocycles. The minimum atomic E-state index is 0. The van der Waals surface area contributed by atoms with Crippen molar-refractivity contribution < 1.29 is 4.79 Å². The highest BCUT2D eigenvalue weighted by molar-refractivity contribution is 8.00. The lowest BCUT2D eigenvalue weighted by Gasteiger charge is -2.36. The molecule has 24 heavy (non-hydrogen) atoms. The number of hydrogen-bond donors (Lipinski definition) is 1. The molecule has 1 aromatic carbocycles. The molecule has 3 rings (SSSR count). The van der Waals surface area contributed by atoms with Crippen molar-refractivity contribution in [1.29, 1.82) is 0 Å². The van der Waals surface area contributed by atoms with Crippen molar-refractivity contribution in [3.05, 3.63) is 59.4 Å². The molecule has 1 aromatic heterocycles. The van der Waals surface area contributed by atoms with Gasteiger partial charge in [-0.1, -0.05) is 17.7 Å². The van der Waals surface area contributed by atoms with Gasteiger partial charge in [-0.05, 0) is 35.9 Å². The molecule has 1 atom stereocenters. The molecule has 1 aliphatic rings. The largest absolute Gasteiger partial charge is 0.332 e. The van der Waals surface area contributed by atoms with E-state index in [1.807, 2.05) is 47.5 Å². The van der Waals surface area contributed by atoms with Gasteiger partial charge in [0, 0.05) is 41.9 Å². The minimum Gasteiger partial charge on any atom is -0.332 e. The van der Waals surface area contributed by atoms with E-state index in [9.17, 15) is 4.79 Å². The number of carbonyl (C=O) groups is 1. The summed E-state index contributed by atoms with van der Waals surface area (Å²) in [5.41, 5.74) is 1.07. The summed E-state index contributed by atoms with van der Waals surface area (Å²) in [6.07, 6.45) is 3.59. The fourth-order valence-corrected chi connectivity index (χ4v) is 3.54. The van der Waals surface area contributed by atoms with Gasteiger partial charge in [-0.2, -0.15) is 0 Å². The van der Waals surface area contributed by atoms with Gasteiger partial charge in [0.2, 0.25) is 5.91 Å². The van der Waals surface area contributed by atoms with Crippen LogP contribution in [0.5, 0.6) is 0 Å².